The Morgan fingerprint density at radius 3 is 2.87 bits per heavy atom. The molecule has 0 spiro atoms. The molecule has 0 aliphatic carbocycles. The van der Waals surface area contributed by atoms with Gasteiger partial charge in [-0.25, -0.2) is 9.37 Å². The van der Waals surface area contributed by atoms with Gasteiger partial charge in [-0.1, -0.05) is 13.0 Å². The van der Waals surface area contributed by atoms with Crippen LogP contribution in [0, 0.1) is 5.82 Å². The van der Waals surface area contributed by atoms with Crippen molar-refractivity contribution in [2.75, 3.05) is 0 Å². The van der Waals surface area contributed by atoms with E-state index in [9.17, 15) is 9.18 Å². The van der Waals surface area contributed by atoms with Crippen molar-refractivity contribution < 1.29 is 4.39 Å². The van der Waals surface area contributed by atoms with Crippen molar-refractivity contribution in [2.24, 2.45) is 7.05 Å². The van der Waals surface area contributed by atoms with E-state index >= 15 is 0 Å². The topological polar surface area (TPSA) is 34.9 Å². The number of aryl methyl sites for hydroxylation is 1. The van der Waals surface area contributed by atoms with Crippen molar-refractivity contribution in [1.82, 2.24) is 9.55 Å². The van der Waals surface area contributed by atoms with E-state index in [2.05, 4.69) is 4.98 Å². The van der Waals surface area contributed by atoms with Crippen LogP contribution in [0.5, 0.6) is 0 Å². The zero-order valence-corrected chi connectivity index (χ0v) is 8.62. The first kappa shape index (κ1) is 9.83. The van der Waals surface area contributed by atoms with Gasteiger partial charge in [-0.3, -0.25) is 9.36 Å². The highest BCUT2D eigenvalue weighted by atomic mass is 19.1. The third kappa shape index (κ3) is 1.42. The summed E-state index contributed by atoms with van der Waals surface area (Å²) >= 11 is 0. The Labute approximate surface area is 86.2 Å². The molecular formula is C11H11FN2O. The molecule has 0 aliphatic heterocycles. The lowest BCUT2D eigenvalue weighted by Gasteiger charge is -2.07. The van der Waals surface area contributed by atoms with E-state index in [4.69, 9.17) is 0 Å². The lowest BCUT2D eigenvalue weighted by Crippen LogP contribution is -2.22. The molecular weight excluding hydrogens is 195 g/mol. The van der Waals surface area contributed by atoms with E-state index in [-0.39, 0.29) is 11.1 Å². The van der Waals surface area contributed by atoms with Crippen molar-refractivity contribution >= 4 is 10.9 Å². The molecule has 1 heterocycles. The molecule has 1 aromatic carbocycles. The van der Waals surface area contributed by atoms with Crippen LogP contribution in [-0.4, -0.2) is 9.55 Å². The summed E-state index contributed by atoms with van der Waals surface area (Å²) in [4.78, 5) is 16.0. The summed E-state index contributed by atoms with van der Waals surface area (Å²) in [5.41, 5.74) is -0.0335. The number of fused-ring (bicyclic) bond motifs is 1. The van der Waals surface area contributed by atoms with E-state index in [1.165, 1.54) is 16.7 Å². The fraction of sp³-hybridized carbons (Fsp3) is 0.273. The lowest BCUT2D eigenvalue weighted by molar-refractivity contribution is 0.632. The summed E-state index contributed by atoms with van der Waals surface area (Å²) in [6, 6.07) is 4.42. The smallest absolute Gasteiger partial charge is 0.261 e. The maximum Gasteiger partial charge on any atom is 0.261 e. The van der Waals surface area contributed by atoms with E-state index in [1.807, 2.05) is 6.92 Å². The molecule has 0 amide bonds. The van der Waals surface area contributed by atoms with Crippen molar-refractivity contribution in [3.63, 3.8) is 0 Å². The molecule has 0 radical (unpaired) electrons. The summed E-state index contributed by atoms with van der Waals surface area (Å²) in [7, 11) is 1.65. The molecule has 2 aromatic rings. The quantitative estimate of drug-likeness (QED) is 0.710. The van der Waals surface area contributed by atoms with Crippen LogP contribution in [0.3, 0.4) is 0 Å². The molecule has 2 rings (SSSR count). The molecule has 0 N–H and O–H groups in total. The first-order valence-electron chi connectivity index (χ1n) is 4.79. The molecule has 0 saturated carbocycles. The van der Waals surface area contributed by atoms with Gasteiger partial charge in [-0.15, -0.1) is 0 Å². The van der Waals surface area contributed by atoms with Crippen LogP contribution in [0.25, 0.3) is 10.9 Å². The van der Waals surface area contributed by atoms with Gasteiger partial charge in [-0.2, -0.15) is 0 Å². The first-order valence-corrected chi connectivity index (χ1v) is 4.79. The average Bonchev–Trinajstić information content (AvgIpc) is 2.24. The van der Waals surface area contributed by atoms with Crippen LogP contribution in [0.1, 0.15) is 12.7 Å². The molecule has 0 saturated heterocycles. The second kappa shape index (κ2) is 3.46. The number of para-hydroxylation sites is 1. The van der Waals surface area contributed by atoms with Crippen LogP contribution in [0.15, 0.2) is 23.0 Å². The minimum Gasteiger partial charge on any atom is -0.299 e. The van der Waals surface area contributed by atoms with Crippen LogP contribution in [0.4, 0.5) is 4.39 Å². The Balaban J connectivity index is 2.98. The highest BCUT2D eigenvalue weighted by Crippen LogP contribution is 2.12. The number of benzene rings is 1. The van der Waals surface area contributed by atoms with Gasteiger partial charge in [-0.05, 0) is 12.1 Å². The highest BCUT2D eigenvalue weighted by Gasteiger charge is 2.09. The van der Waals surface area contributed by atoms with Crippen molar-refractivity contribution in [3.8, 4) is 0 Å². The molecule has 0 bridgehead atoms. The monoisotopic (exact) mass is 206 g/mol. The second-order valence-electron chi connectivity index (χ2n) is 3.38. The largest absolute Gasteiger partial charge is 0.299 e. The number of hydrogen-bond acceptors (Lipinski definition) is 2. The van der Waals surface area contributed by atoms with Gasteiger partial charge in [0.05, 0.1) is 5.39 Å². The van der Waals surface area contributed by atoms with Crippen LogP contribution in [0.2, 0.25) is 0 Å². The Hall–Kier alpha value is -1.71. The minimum atomic E-state index is -0.445. The van der Waals surface area contributed by atoms with Crippen molar-refractivity contribution in [2.45, 2.75) is 13.3 Å². The zero-order chi connectivity index (χ0) is 11.0. The maximum absolute atomic E-state index is 13.4. The summed E-state index contributed by atoms with van der Waals surface area (Å²) < 4.78 is 14.9. The summed E-state index contributed by atoms with van der Waals surface area (Å²) in [5.74, 6) is 0.150. The Morgan fingerprint density at radius 2 is 2.20 bits per heavy atom. The average molecular weight is 206 g/mol. The Bertz CT molecular complexity index is 575. The maximum atomic E-state index is 13.4. The summed E-state index contributed by atoms with van der Waals surface area (Å²) in [6.07, 6.45) is 0.607. The van der Waals surface area contributed by atoms with Gasteiger partial charge in [0.1, 0.15) is 17.2 Å². The molecule has 1 aromatic heterocycles. The highest BCUT2D eigenvalue weighted by molar-refractivity contribution is 5.78. The van der Waals surface area contributed by atoms with Gasteiger partial charge in [0.2, 0.25) is 0 Å². The van der Waals surface area contributed by atoms with E-state index in [0.717, 1.165) is 0 Å². The molecule has 0 atom stereocenters. The van der Waals surface area contributed by atoms with Crippen molar-refractivity contribution in [3.05, 3.63) is 40.2 Å². The number of aromatic nitrogens is 2. The first-order chi connectivity index (χ1) is 7.15. The fourth-order valence-electron chi connectivity index (χ4n) is 1.62. The van der Waals surface area contributed by atoms with Gasteiger partial charge >= 0.3 is 0 Å². The Morgan fingerprint density at radius 1 is 1.47 bits per heavy atom. The molecule has 78 valence electrons. The molecule has 4 heteroatoms. The van der Waals surface area contributed by atoms with Gasteiger partial charge in [0, 0.05) is 13.5 Å². The van der Waals surface area contributed by atoms with E-state index in [1.54, 1.807) is 13.1 Å². The second-order valence-corrected chi connectivity index (χ2v) is 3.38. The Kier molecular flexibility index (Phi) is 2.26. The molecule has 15 heavy (non-hydrogen) atoms. The third-order valence-corrected chi connectivity index (χ3v) is 2.47. The summed E-state index contributed by atoms with van der Waals surface area (Å²) in [5, 5.41) is 0.328. The lowest BCUT2D eigenvalue weighted by atomic mass is 10.2. The predicted octanol–water partition coefficient (Wildman–Crippen LogP) is 1.63. The van der Waals surface area contributed by atoms with Crippen LogP contribution >= 0.6 is 0 Å². The van der Waals surface area contributed by atoms with Crippen molar-refractivity contribution in [1.29, 1.82) is 0 Å². The van der Waals surface area contributed by atoms with Crippen LogP contribution < -0.4 is 5.56 Å². The van der Waals surface area contributed by atoms with Gasteiger partial charge < -0.3 is 0 Å². The number of halogens is 1. The number of hydrogen-bond donors (Lipinski definition) is 0. The van der Waals surface area contributed by atoms with Gasteiger partial charge in [0.25, 0.3) is 5.56 Å². The standard InChI is InChI=1S/C11H11FN2O/c1-3-9-13-10-7(11(15)14(9)2)5-4-6-8(10)12/h4-6H,3H2,1-2H3. The normalized spacial score (nSPS) is 10.9. The third-order valence-electron chi connectivity index (χ3n) is 2.47. The van der Waals surface area contributed by atoms with Crippen LogP contribution in [-0.2, 0) is 13.5 Å². The number of rotatable bonds is 1. The fourth-order valence-corrected chi connectivity index (χ4v) is 1.62. The SMILES string of the molecule is CCc1nc2c(F)cccc2c(=O)n1C. The van der Waals surface area contributed by atoms with Gasteiger partial charge in [0.15, 0.2) is 0 Å². The molecule has 3 nitrogen and oxygen atoms in total. The zero-order valence-electron chi connectivity index (χ0n) is 8.62. The minimum absolute atomic E-state index is 0.164. The van der Waals surface area contributed by atoms with E-state index < -0.39 is 5.82 Å². The molecule has 0 fully saturated rings. The molecule has 0 unspecified atom stereocenters. The summed E-state index contributed by atoms with van der Waals surface area (Å²) in [6.45, 7) is 1.88. The molecule has 0 aliphatic rings. The number of nitrogens with zero attached hydrogens (tertiary/aromatic N) is 2. The predicted molar refractivity (Wildman–Crippen MR) is 56.3 cm³/mol. The van der Waals surface area contributed by atoms with E-state index in [0.29, 0.717) is 17.6 Å².